The lowest BCUT2D eigenvalue weighted by atomic mass is 10.00. The van der Waals surface area contributed by atoms with Gasteiger partial charge in [-0.3, -0.25) is 4.79 Å². The van der Waals surface area contributed by atoms with E-state index in [0.717, 1.165) is 12.1 Å². The van der Waals surface area contributed by atoms with Gasteiger partial charge in [0.1, 0.15) is 58.7 Å². The van der Waals surface area contributed by atoms with Gasteiger partial charge in [-0.05, 0) is 31.2 Å². The Morgan fingerprint density at radius 1 is 0.850 bits per heavy atom. The molecule has 2 aliphatic heterocycles. The van der Waals surface area contributed by atoms with Crippen molar-refractivity contribution in [3.63, 3.8) is 0 Å². The van der Waals surface area contributed by atoms with Crippen LogP contribution in [-0.2, 0) is 14.2 Å². The van der Waals surface area contributed by atoms with Gasteiger partial charge in [0, 0.05) is 17.7 Å². The Kier molecular flexibility index (Phi) is 7.60. The predicted molar refractivity (Wildman–Crippen MR) is 133 cm³/mol. The Morgan fingerprint density at radius 2 is 1.55 bits per heavy atom. The number of ether oxygens (including phenoxy) is 4. The number of aromatic hydroxyl groups is 3. The monoisotopic (exact) mass is 564 g/mol. The largest absolute Gasteiger partial charge is 0.508 e. The van der Waals surface area contributed by atoms with Gasteiger partial charge in [-0.25, -0.2) is 0 Å². The molecule has 0 bridgehead atoms. The van der Waals surface area contributed by atoms with Crippen LogP contribution in [0.5, 0.6) is 23.0 Å². The maximum Gasteiger partial charge on any atom is 0.239 e. The highest BCUT2D eigenvalue weighted by atomic mass is 16.8. The molecule has 216 valence electrons. The van der Waals surface area contributed by atoms with Crippen molar-refractivity contribution >= 4 is 11.0 Å². The third kappa shape index (κ3) is 4.95. The fourth-order valence-corrected chi connectivity index (χ4v) is 4.67. The summed E-state index contributed by atoms with van der Waals surface area (Å²) in [6.07, 6.45) is -13.3. The molecular formula is C26H28O14. The Labute approximate surface area is 225 Å². The summed E-state index contributed by atoms with van der Waals surface area (Å²) in [6.45, 7) is 0.737. The SMILES string of the molecule is C[C@@H]1O[C@@H](O[C@H]2[C@H](Oc3c(-c4ccc(O)cc4)oc4cc(O)cc(O)c4c3=O)O[C@@H](CO)[C@@H]2O)[C@H](O)[C@H](O)[C@H]1O. The lowest BCUT2D eigenvalue weighted by Gasteiger charge is -2.40. The van der Waals surface area contributed by atoms with Crippen molar-refractivity contribution < 1.29 is 64.2 Å². The van der Waals surface area contributed by atoms with Crippen molar-refractivity contribution in [2.75, 3.05) is 6.61 Å². The van der Waals surface area contributed by atoms with E-state index in [4.69, 9.17) is 23.4 Å². The van der Waals surface area contributed by atoms with E-state index in [0.29, 0.717) is 0 Å². The number of rotatable bonds is 6. The predicted octanol–water partition coefficient (Wildman–Crippen LogP) is -0.754. The first-order valence-electron chi connectivity index (χ1n) is 12.3. The molecule has 5 rings (SSSR count). The van der Waals surface area contributed by atoms with Crippen LogP contribution in [0, 0.1) is 0 Å². The van der Waals surface area contributed by atoms with Crippen molar-refractivity contribution in [2.45, 2.75) is 62.2 Å². The topological polar surface area (TPSA) is 229 Å². The number of hydrogen-bond donors (Lipinski definition) is 8. The molecule has 2 aliphatic rings. The number of phenolic OH excluding ortho intramolecular Hbond substituents is 3. The van der Waals surface area contributed by atoms with Crippen LogP contribution in [0.3, 0.4) is 0 Å². The summed E-state index contributed by atoms with van der Waals surface area (Å²) in [7, 11) is 0. The minimum absolute atomic E-state index is 0.0845. The molecule has 14 nitrogen and oxygen atoms in total. The summed E-state index contributed by atoms with van der Waals surface area (Å²) in [5.74, 6) is -1.80. The number of fused-ring (bicyclic) bond motifs is 1. The highest BCUT2D eigenvalue weighted by Gasteiger charge is 2.51. The average molecular weight is 564 g/mol. The second kappa shape index (κ2) is 10.8. The Morgan fingerprint density at radius 3 is 2.23 bits per heavy atom. The fraction of sp³-hybridized carbons (Fsp3) is 0.423. The van der Waals surface area contributed by atoms with Gasteiger partial charge >= 0.3 is 0 Å². The molecule has 2 saturated heterocycles. The molecule has 0 unspecified atom stereocenters. The van der Waals surface area contributed by atoms with Gasteiger partial charge < -0.3 is 64.2 Å². The summed E-state index contributed by atoms with van der Waals surface area (Å²) in [6, 6.07) is 7.48. The van der Waals surface area contributed by atoms with E-state index in [1.807, 2.05) is 0 Å². The summed E-state index contributed by atoms with van der Waals surface area (Å²) < 4.78 is 28.5. The first kappa shape index (κ1) is 28.1. The number of phenols is 3. The first-order chi connectivity index (χ1) is 19.0. The van der Waals surface area contributed by atoms with Crippen molar-refractivity contribution in [2.24, 2.45) is 0 Å². The van der Waals surface area contributed by atoms with Crippen molar-refractivity contribution in [3.8, 4) is 34.3 Å². The van der Waals surface area contributed by atoms with E-state index in [-0.39, 0.29) is 33.8 Å². The molecule has 0 aliphatic carbocycles. The maximum absolute atomic E-state index is 13.6. The Balaban J connectivity index is 1.57. The van der Waals surface area contributed by atoms with E-state index in [1.165, 1.54) is 31.2 Å². The van der Waals surface area contributed by atoms with E-state index >= 15 is 0 Å². The van der Waals surface area contributed by atoms with Gasteiger partial charge in [-0.1, -0.05) is 0 Å². The average Bonchev–Trinajstić information content (AvgIpc) is 3.21. The van der Waals surface area contributed by atoms with E-state index in [2.05, 4.69) is 0 Å². The second-order valence-corrected chi connectivity index (χ2v) is 9.59. The molecule has 1 aromatic heterocycles. The van der Waals surface area contributed by atoms with Gasteiger partial charge in [0.05, 0.1) is 12.7 Å². The third-order valence-corrected chi connectivity index (χ3v) is 6.86. The van der Waals surface area contributed by atoms with E-state index in [1.54, 1.807) is 0 Å². The third-order valence-electron chi connectivity index (χ3n) is 6.86. The zero-order valence-electron chi connectivity index (χ0n) is 20.9. The zero-order valence-corrected chi connectivity index (χ0v) is 20.9. The normalized spacial score (nSPS) is 32.4. The van der Waals surface area contributed by atoms with Crippen molar-refractivity contribution in [3.05, 3.63) is 46.6 Å². The molecule has 9 atom stereocenters. The minimum Gasteiger partial charge on any atom is -0.508 e. The van der Waals surface area contributed by atoms with Crippen LogP contribution < -0.4 is 10.2 Å². The molecule has 3 heterocycles. The van der Waals surface area contributed by atoms with Gasteiger partial charge in [-0.2, -0.15) is 0 Å². The van der Waals surface area contributed by atoms with Crippen molar-refractivity contribution in [1.82, 2.24) is 0 Å². The summed E-state index contributed by atoms with van der Waals surface area (Å²) >= 11 is 0. The maximum atomic E-state index is 13.6. The van der Waals surface area contributed by atoms with Crippen LogP contribution in [0.2, 0.25) is 0 Å². The first-order valence-corrected chi connectivity index (χ1v) is 12.3. The molecule has 3 aromatic rings. The van der Waals surface area contributed by atoms with Crippen LogP contribution in [0.1, 0.15) is 6.92 Å². The lowest BCUT2D eigenvalue weighted by molar-refractivity contribution is -0.316. The molecule has 2 aromatic carbocycles. The number of hydrogen-bond acceptors (Lipinski definition) is 14. The number of aliphatic hydroxyl groups excluding tert-OH is 5. The van der Waals surface area contributed by atoms with Crippen LogP contribution >= 0.6 is 0 Å². The van der Waals surface area contributed by atoms with Gasteiger partial charge in [0.15, 0.2) is 18.2 Å². The Hall–Kier alpha value is -3.47. The van der Waals surface area contributed by atoms with Crippen LogP contribution in [0.15, 0.2) is 45.6 Å². The molecule has 0 amide bonds. The quantitative estimate of drug-likeness (QED) is 0.184. The number of aliphatic hydroxyl groups is 5. The molecule has 14 heteroatoms. The summed E-state index contributed by atoms with van der Waals surface area (Å²) in [5.41, 5.74) is -0.847. The van der Waals surface area contributed by atoms with E-state index < -0.39 is 78.8 Å². The highest BCUT2D eigenvalue weighted by molar-refractivity contribution is 5.88. The minimum atomic E-state index is -1.74. The van der Waals surface area contributed by atoms with E-state index in [9.17, 15) is 45.6 Å². The molecular weight excluding hydrogens is 536 g/mol. The molecule has 40 heavy (non-hydrogen) atoms. The molecule has 2 fully saturated rings. The summed E-state index contributed by atoms with van der Waals surface area (Å²) in [5, 5.41) is 80.7. The number of benzene rings is 2. The van der Waals surface area contributed by atoms with Gasteiger partial charge in [-0.15, -0.1) is 0 Å². The molecule has 0 saturated carbocycles. The fourth-order valence-electron chi connectivity index (χ4n) is 4.67. The molecule has 8 N–H and O–H groups in total. The molecule has 0 radical (unpaired) electrons. The van der Waals surface area contributed by atoms with Crippen LogP contribution in [0.4, 0.5) is 0 Å². The van der Waals surface area contributed by atoms with Crippen LogP contribution in [-0.4, -0.2) is 103 Å². The van der Waals surface area contributed by atoms with Crippen molar-refractivity contribution in [1.29, 1.82) is 0 Å². The summed E-state index contributed by atoms with van der Waals surface area (Å²) in [4.78, 5) is 13.6. The smallest absolute Gasteiger partial charge is 0.239 e. The van der Waals surface area contributed by atoms with Gasteiger partial charge in [0.25, 0.3) is 0 Å². The second-order valence-electron chi connectivity index (χ2n) is 9.59. The highest BCUT2D eigenvalue weighted by Crippen LogP contribution is 2.38. The standard InChI is InChI=1S/C26H28O14/c1-9-17(31)20(34)21(35)25(36-9)40-24-18(32)15(8-27)38-26(24)39-23-19(33)16-13(30)6-12(29)7-14(16)37-22(23)10-2-4-11(28)5-3-10/h2-7,9,15,17-18,20-21,24-32,34-35H,8H2,1H3/t9-,15-,17-,18-,20+,21+,24+,25-,26-/m0/s1. The van der Waals surface area contributed by atoms with Crippen LogP contribution in [0.25, 0.3) is 22.3 Å². The Bertz CT molecular complexity index is 1420. The zero-order chi connectivity index (χ0) is 28.9. The molecule has 0 spiro atoms. The van der Waals surface area contributed by atoms with Gasteiger partial charge in [0.2, 0.25) is 17.5 Å². The lowest BCUT2D eigenvalue weighted by Crippen LogP contribution is -2.59.